The molecule has 0 aliphatic heterocycles. The molecule has 2 rings (SSSR count). The predicted octanol–water partition coefficient (Wildman–Crippen LogP) is 3.14. The molecular weight excluding hydrogens is 248 g/mol. The maximum Gasteiger partial charge on any atom is 0.119 e. The standard InChI is InChI=1S/C17H28N2O/c1-12-7-13(2)9-15(8-12)17(19-18)11-14-5-4-6-16(10-14)20-3/h4-6,10,12-13,15,17,19H,7-9,11,18H2,1-3H3. The van der Waals surface area contributed by atoms with Gasteiger partial charge in [-0.15, -0.1) is 0 Å². The lowest BCUT2D eigenvalue weighted by molar-refractivity contribution is 0.175. The third-order valence-electron chi connectivity index (χ3n) is 4.59. The zero-order valence-corrected chi connectivity index (χ0v) is 12.9. The Balaban J connectivity index is 2.04. The SMILES string of the molecule is COc1cccc(CC(NN)C2CC(C)CC(C)C2)c1. The van der Waals surface area contributed by atoms with Crippen LogP contribution in [0.4, 0.5) is 0 Å². The Labute approximate surface area is 122 Å². The van der Waals surface area contributed by atoms with Gasteiger partial charge in [0.1, 0.15) is 5.75 Å². The number of hydrogen-bond acceptors (Lipinski definition) is 3. The number of ether oxygens (including phenoxy) is 1. The molecule has 0 heterocycles. The summed E-state index contributed by atoms with van der Waals surface area (Å²) in [5, 5.41) is 0. The topological polar surface area (TPSA) is 47.3 Å². The van der Waals surface area contributed by atoms with E-state index in [2.05, 4.69) is 31.4 Å². The molecule has 1 saturated carbocycles. The largest absolute Gasteiger partial charge is 0.497 e. The van der Waals surface area contributed by atoms with Crippen LogP contribution in [0.25, 0.3) is 0 Å². The molecule has 1 aliphatic carbocycles. The van der Waals surface area contributed by atoms with Crippen LogP contribution in [0.3, 0.4) is 0 Å². The summed E-state index contributed by atoms with van der Waals surface area (Å²) in [4.78, 5) is 0. The molecule has 0 spiro atoms. The first-order chi connectivity index (χ1) is 9.62. The van der Waals surface area contributed by atoms with E-state index in [9.17, 15) is 0 Å². The highest BCUT2D eigenvalue weighted by atomic mass is 16.5. The number of hydrazine groups is 1. The number of methoxy groups -OCH3 is 1. The van der Waals surface area contributed by atoms with Crippen LogP contribution in [0, 0.1) is 17.8 Å². The van der Waals surface area contributed by atoms with E-state index in [4.69, 9.17) is 10.6 Å². The molecule has 1 aliphatic rings. The van der Waals surface area contributed by atoms with Gasteiger partial charge >= 0.3 is 0 Å². The minimum absolute atomic E-state index is 0.354. The van der Waals surface area contributed by atoms with Gasteiger partial charge in [-0.25, -0.2) is 0 Å². The van der Waals surface area contributed by atoms with Gasteiger partial charge < -0.3 is 4.74 Å². The van der Waals surface area contributed by atoms with Gasteiger partial charge in [-0.1, -0.05) is 26.0 Å². The van der Waals surface area contributed by atoms with E-state index < -0.39 is 0 Å². The predicted molar refractivity (Wildman–Crippen MR) is 83.5 cm³/mol. The summed E-state index contributed by atoms with van der Waals surface area (Å²) >= 11 is 0. The summed E-state index contributed by atoms with van der Waals surface area (Å²) in [7, 11) is 1.71. The summed E-state index contributed by atoms with van der Waals surface area (Å²) in [6.45, 7) is 4.73. The second-order valence-corrected chi connectivity index (χ2v) is 6.51. The van der Waals surface area contributed by atoms with Gasteiger partial charge in [-0.3, -0.25) is 11.3 Å². The van der Waals surface area contributed by atoms with Gasteiger partial charge in [0, 0.05) is 6.04 Å². The number of benzene rings is 1. The van der Waals surface area contributed by atoms with Crippen molar-refractivity contribution in [2.24, 2.45) is 23.6 Å². The molecule has 0 amide bonds. The minimum Gasteiger partial charge on any atom is -0.497 e. The molecule has 3 heteroatoms. The highest BCUT2D eigenvalue weighted by molar-refractivity contribution is 5.29. The van der Waals surface area contributed by atoms with Crippen LogP contribution < -0.4 is 16.0 Å². The van der Waals surface area contributed by atoms with Crippen molar-refractivity contribution < 1.29 is 4.74 Å². The third-order valence-corrected chi connectivity index (χ3v) is 4.59. The Morgan fingerprint density at radius 2 is 1.95 bits per heavy atom. The van der Waals surface area contributed by atoms with Gasteiger partial charge in [-0.05, 0) is 61.1 Å². The molecular formula is C17H28N2O. The lowest BCUT2D eigenvalue weighted by Crippen LogP contribution is -2.44. The fourth-order valence-electron chi connectivity index (χ4n) is 3.75. The fourth-order valence-corrected chi connectivity index (χ4v) is 3.75. The normalized spacial score (nSPS) is 28.1. The van der Waals surface area contributed by atoms with E-state index in [-0.39, 0.29) is 0 Å². The Morgan fingerprint density at radius 3 is 2.55 bits per heavy atom. The van der Waals surface area contributed by atoms with Crippen LogP contribution in [0.2, 0.25) is 0 Å². The van der Waals surface area contributed by atoms with Gasteiger partial charge in [0.2, 0.25) is 0 Å². The zero-order valence-electron chi connectivity index (χ0n) is 12.9. The number of rotatable bonds is 5. The molecule has 0 saturated heterocycles. The van der Waals surface area contributed by atoms with Crippen molar-refractivity contribution in [3.63, 3.8) is 0 Å². The van der Waals surface area contributed by atoms with Crippen molar-refractivity contribution in [2.45, 2.75) is 45.6 Å². The number of nitrogens with one attached hydrogen (secondary N) is 1. The number of hydrogen-bond donors (Lipinski definition) is 2. The van der Waals surface area contributed by atoms with E-state index in [1.807, 2.05) is 12.1 Å². The van der Waals surface area contributed by atoms with Gasteiger partial charge in [0.25, 0.3) is 0 Å². The second-order valence-electron chi connectivity index (χ2n) is 6.51. The molecule has 0 radical (unpaired) electrons. The molecule has 3 N–H and O–H groups in total. The second kappa shape index (κ2) is 7.09. The molecule has 3 nitrogen and oxygen atoms in total. The van der Waals surface area contributed by atoms with Crippen molar-refractivity contribution in [1.29, 1.82) is 0 Å². The van der Waals surface area contributed by atoms with Gasteiger partial charge in [-0.2, -0.15) is 0 Å². The van der Waals surface area contributed by atoms with E-state index in [0.717, 1.165) is 24.0 Å². The van der Waals surface area contributed by atoms with Crippen LogP contribution in [0.1, 0.15) is 38.7 Å². The summed E-state index contributed by atoms with van der Waals surface area (Å²) in [5.41, 5.74) is 4.35. The highest BCUT2D eigenvalue weighted by Crippen LogP contribution is 2.35. The monoisotopic (exact) mass is 276 g/mol. The summed E-state index contributed by atoms with van der Waals surface area (Å²) in [5.74, 6) is 9.04. The molecule has 1 fully saturated rings. The minimum atomic E-state index is 0.354. The molecule has 3 atom stereocenters. The lowest BCUT2D eigenvalue weighted by Gasteiger charge is -2.36. The van der Waals surface area contributed by atoms with Crippen LogP contribution in [0.15, 0.2) is 24.3 Å². The molecule has 0 aromatic heterocycles. The van der Waals surface area contributed by atoms with Crippen molar-refractivity contribution in [1.82, 2.24) is 5.43 Å². The molecule has 0 bridgehead atoms. The van der Waals surface area contributed by atoms with Crippen molar-refractivity contribution in [2.75, 3.05) is 7.11 Å². The van der Waals surface area contributed by atoms with E-state index in [0.29, 0.717) is 12.0 Å². The average Bonchev–Trinajstić information content (AvgIpc) is 2.44. The summed E-state index contributed by atoms with van der Waals surface area (Å²) in [6, 6.07) is 8.66. The molecule has 20 heavy (non-hydrogen) atoms. The van der Waals surface area contributed by atoms with Crippen LogP contribution in [-0.4, -0.2) is 13.2 Å². The molecule has 112 valence electrons. The Morgan fingerprint density at radius 1 is 1.25 bits per heavy atom. The first-order valence-corrected chi connectivity index (χ1v) is 7.71. The Hall–Kier alpha value is -1.06. The number of nitrogens with two attached hydrogens (primary N) is 1. The van der Waals surface area contributed by atoms with E-state index in [1.54, 1.807) is 7.11 Å². The smallest absolute Gasteiger partial charge is 0.119 e. The maximum absolute atomic E-state index is 5.83. The van der Waals surface area contributed by atoms with E-state index >= 15 is 0 Å². The van der Waals surface area contributed by atoms with Crippen LogP contribution >= 0.6 is 0 Å². The van der Waals surface area contributed by atoms with E-state index in [1.165, 1.54) is 24.8 Å². The lowest BCUT2D eigenvalue weighted by atomic mass is 9.73. The first-order valence-electron chi connectivity index (χ1n) is 7.71. The van der Waals surface area contributed by atoms with Gasteiger partial charge in [0.15, 0.2) is 0 Å². The van der Waals surface area contributed by atoms with Gasteiger partial charge in [0.05, 0.1) is 7.11 Å². The molecule has 3 unspecified atom stereocenters. The molecule has 1 aromatic rings. The quantitative estimate of drug-likeness (QED) is 0.641. The van der Waals surface area contributed by atoms with Crippen LogP contribution in [-0.2, 0) is 6.42 Å². The highest BCUT2D eigenvalue weighted by Gasteiger charge is 2.29. The Kier molecular flexibility index (Phi) is 5.44. The molecule has 1 aromatic carbocycles. The first kappa shape index (κ1) is 15.3. The van der Waals surface area contributed by atoms with Crippen molar-refractivity contribution in [3.05, 3.63) is 29.8 Å². The third kappa shape index (κ3) is 3.97. The average molecular weight is 276 g/mol. The summed E-state index contributed by atoms with van der Waals surface area (Å²) in [6.07, 6.45) is 4.89. The summed E-state index contributed by atoms with van der Waals surface area (Å²) < 4.78 is 5.30. The van der Waals surface area contributed by atoms with Crippen LogP contribution in [0.5, 0.6) is 5.75 Å². The fraction of sp³-hybridized carbons (Fsp3) is 0.647. The zero-order chi connectivity index (χ0) is 14.5. The van der Waals surface area contributed by atoms with Crippen molar-refractivity contribution >= 4 is 0 Å². The maximum atomic E-state index is 5.83. The van der Waals surface area contributed by atoms with Crippen molar-refractivity contribution in [3.8, 4) is 5.75 Å². The Bertz CT molecular complexity index is 411.